The quantitative estimate of drug-likeness (QED) is 0.849. The Bertz CT molecular complexity index is 478. The first-order valence-electron chi connectivity index (χ1n) is 6.61. The molecule has 1 aromatic carbocycles. The molecule has 1 rings (SSSR count). The maximum Gasteiger partial charge on any atom is 0.573 e. The molecule has 1 unspecified atom stereocenters. The molecule has 0 saturated carbocycles. The number of halogens is 3. The zero-order valence-electron chi connectivity index (χ0n) is 11.9. The molecule has 2 atom stereocenters. The topological polar surface area (TPSA) is 64.4 Å². The predicted octanol–water partition coefficient (Wildman–Crippen LogP) is 2.57. The van der Waals surface area contributed by atoms with Gasteiger partial charge in [-0.05, 0) is 12.0 Å². The molecule has 0 aliphatic rings. The van der Waals surface area contributed by atoms with E-state index in [1.165, 1.54) is 18.2 Å². The molecule has 1 aromatic rings. The van der Waals surface area contributed by atoms with Gasteiger partial charge in [0.1, 0.15) is 5.75 Å². The fraction of sp³-hybridized carbons (Fsp3) is 0.500. The zero-order chi connectivity index (χ0) is 16.0. The molecule has 0 bridgehead atoms. The molecular formula is C14H19F3N2O2. The lowest BCUT2D eigenvalue weighted by molar-refractivity contribution is -0.274. The summed E-state index contributed by atoms with van der Waals surface area (Å²) in [7, 11) is 0. The van der Waals surface area contributed by atoms with Gasteiger partial charge in [0.2, 0.25) is 5.91 Å². The molecule has 0 heterocycles. The number of nitrogens with one attached hydrogen (secondary N) is 1. The van der Waals surface area contributed by atoms with E-state index in [1.807, 2.05) is 13.8 Å². The minimum absolute atomic E-state index is 0.00771. The van der Waals surface area contributed by atoms with E-state index in [4.69, 9.17) is 5.73 Å². The number of hydrogen-bond donors (Lipinski definition) is 2. The molecule has 3 N–H and O–H groups in total. The minimum Gasteiger partial charge on any atom is -0.405 e. The smallest absolute Gasteiger partial charge is 0.405 e. The average molecular weight is 304 g/mol. The second-order valence-corrected chi connectivity index (χ2v) is 4.78. The summed E-state index contributed by atoms with van der Waals surface area (Å²) in [6.45, 7) is 3.67. The second kappa shape index (κ2) is 7.31. The van der Waals surface area contributed by atoms with Gasteiger partial charge in [0.25, 0.3) is 0 Å². The molecule has 0 fully saturated rings. The highest BCUT2D eigenvalue weighted by molar-refractivity contribution is 5.81. The van der Waals surface area contributed by atoms with Crippen LogP contribution in [0.2, 0.25) is 0 Å². The summed E-state index contributed by atoms with van der Waals surface area (Å²) in [6, 6.07) is 4.96. The first-order chi connectivity index (χ1) is 9.74. The van der Waals surface area contributed by atoms with Gasteiger partial charge in [-0.15, -0.1) is 13.2 Å². The van der Waals surface area contributed by atoms with Gasteiger partial charge in [0.05, 0.1) is 6.04 Å². The molecule has 118 valence electrons. The van der Waals surface area contributed by atoms with Gasteiger partial charge < -0.3 is 15.8 Å². The second-order valence-electron chi connectivity index (χ2n) is 4.78. The number of carbonyl (C=O) groups excluding carboxylic acids is 1. The molecule has 0 aliphatic heterocycles. The Kier molecular flexibility index (Phi) is 6.02. The predicted molar refractivity (Wildman–Crippen MR) is 72.4 cm³/mol. The van der Waals surface area contributed by atoms with Crippen LogP contribution < -0.4 is 15.8 Å². The summed E-state index contributed by atoms with van der Waals surface area (Å²) in [5.41, 5.74) is 5.99. The van der Waals surface area contributed by atoms with Crippen molar-refractivity contribution in [1.82, 2.24) is 5.32 Å². The van der Waals surface area contributed by atoms with Crippen molar-refractivity contribution in [3.05, 3.63) is 29.8 Å². The van der Waals surface area contributed by atoms with Crippen LogP contribution in [0.25, 0.3) is 0 Å². The average Bonchev–Trinajstić information content (AvgIpc) is 2.42. The van der Waals surface area contributed by atoms with Crippen molar-refractivity contribution in [2.45, 2.75) is 39.2 Å². The number of amides is 1. The van der Waals surface area contributed by atoms with E-state index >= 15 is 0 Å². The van der Waals surface area contributed by atoms with Crippen molar-refractivity contribution in [1.29, 1.82) is 0 Å². The highest BCUT2D eigenvalue weighted by atomic mass is 19.4. The lowest BCUT2D eigenvalue weighted by Crippen LogP contribution is -2.44. The standard InChI is InChI=1S/C14H19F3N2O2/c1-3-9(2)12(18)13(20)19-8-10-6-4-5-7-11(10)21-14(15,16)17/h4-7,9,12H,3,8,18H2,1-2H3,(H,19,20)/t9?,12-/m0/s1. The van der Waals surface area contributed by atoms with Crippen molar-refractivity contribution >= 4 is 5.91 Å². The Morgan fingerprint density at radius 1 is 1.38 bits per heavy atom. The third kappa shape index (κ3) is 5.63. The third-order valence-electron chi connectivity index (χ3n) is 3.21. The number of rotatable bonds is 6. The van der Waals surface area contributed by atoms with Gasteiger partial charge in [-0.25, -0.2) is 0 Å². The number of ether oxygens (including phenoxy) is 1. The fourth-order valence-corrected chi connectivity index (χ4v) is 1.69. The molecule has 4 nitrogen and oxygen atoms in total. The summed E-state index contributed by atoms with van der Waals surface area (Å²) in [4.78, 5) is 11.8. The highest BCUT2D eigenvalue weighted by Crippen LogP contribution is 2.26. The van der Waals surface area contributed by atoms with Crippen LogP contribution in [-0.4, -0.2) is 18.3 Å². The number of nitrogens with two attached hydrogens (primary N) is 1. The number of carbonyl (C=O) groups is 1. The summed E-state index contributed by atoms with van der Waals surface area (Å²) in [6.07, 6.45) is -4.03. The van der Waals surface area contributed by atoms with Crippen molar-refractivity contribution in [3.63, 3.8) is 0 Å². The van der Waals surface area contributed by atoms with Gasteiger partial charge in [0, 0.05) is 12.1 Å². The molecular weight excluding hydrogens is 285 g/mol. The van der Waals surface area contributed by atoms with Crippen molar-refractivity contribution < 1.29 is 22.7 Å². The zero-order valence-corrected chi connectivity index (χ0v) is 11.9. The van der Waals surface area contributed by atoms with Crippen LogP contribution >= 0.6 is 0 Å². The van der Waals surface area contributed by atoms with Gasteiger partial charge >= 0.3 is 6.36 Å². The molecule has 7 heteroatoms. The number of benzene rings is 1. The normalized spacial score (nSPS) is 14.4. The van der Waals surface area contributed by atoms with Crippen LogP contribution in [0.3, 0.4) is 0 Å². The van der Waals surface area contributed by atoms with Crippen molar-refractivity contribution in [3.8, 4) is 5.75 Å². The van der Waals surface area contributed by atoms with Crippen LogP contribution in [0.15, 0.2) is 24.3 Å². The maximum absolute atomic E-state index is 12.3. The third-order valence-corrected chi connectivity index (χ3v) is 3.21. The van der Waals surface area contributed by atoms with Crippen molar-refractivity contribution in [2.75, 3.05) is 0 Å². The number of para-hydroxylation sites is 1. The maximum atomic E-state index is 12.3. The lowest BCUT2D eigenvalue weighted by atomic mass is 9.99. The molecule has 0 radical (unpaired) electrons. The van der Waals surface area contributed by atoms with Crippen LogP contribution in [0.5, 0.6) is 5.75 Å². The number of alkyl halides is 3. The van der Waals surface area contributed by atoms with Gasteiger partial charge in [-0.1, -0.05) is 38.5 Å². The summed E-state index contributed by atoms with van der Waals surface area (Å²) in [5, 5.41) is 2.53. The highest BCUT2D eigenvalue weighted by Gasteiger charge is 2.32. The Morgan fingerprint density at radius 2 is 2.00 bits per heavy atom. The molecule has 1 amide bonds. The van der Waals surface area contributed by atoms with E-state index in [-0.39, 0.29) is 23.8 Å². The van der Waals surface area contributed by atoms with Crippen LogP contribution in [-0.2, 0) is 11.3 Å². The van der Waals surface area contributed by atoms with E-state index in [1.54, 1.807) is 6.07 Å². The Labute approximate surface area is 121 Å². The Hall–Kier alpha value is -1.76. The van der Waals surface area contributed by atoms with E-state index in [0.717, 1.165) is 6.42 Å². The van der Waals surface area contributed by atoms with Gasteiger partial charge in [-0.2, -0.15) is 0 Å². The first kappa shape index (κ1) is 17.3. The van der Waals surface area contributed by atoms with Crippen LogP contribution in [0.4, 0.5) is 13.2 Å². The molecule has 0 aliphatic carbocycles. The Morgan fingerprint density at radius 3 is 2.57 bits per heavy atom. The molecule has 0 saturated heterocycles. The Balaban J connectivity index is 2.69. The van der Waals surface area contributed by atoms with Gasteiger partial charge in [0.15, 0.2) is 0 Å². The number of hydrogen-bond acceptors (Lipinski definition) is 3. The lowest BCUT2D eigenvalue weighted by Gasteiger charge is -2.18. The van der Waals surface area contributed by atoms with E-state index in [2.05, 4.69) is 10.1 Å². The van der Waals surface area contributed by atoms with E-state index < -0.39 is 18.3 Å². The van der Waals surface area contributed by atoms with Gasteiger partial charge in [-0.3, -0.25) is 4.79 Å². The monoisotopic (exact) mass is 304 g/mol. The molecule has 0 spiro atoms. The molecule has 0 aromatic heterocycles. The van der Waals surface area contributed by atoms with E-state index in [9.17, 15) is 18.0 Å². The first-order valence-corrected chi connectivity index (χ1v) is 6.61. The minimum atomic E-state index is -4.77. The fourth-order valence-electron chi connectivity index (χ4n) is 1.69. The SMILES string of the molecule is CCC(C)[C@H](N)C(=O)NCc1ccccc1OC(F)(F)F. The summed E-state index contributed by atoms with van der Waals surface area (Å²) < 4.78 is 40.7. The molecule has 21 heavy (non-hydrogen) atoms. The van der Waals surface area contributed by atoms with E-state index in [0.29, 0.717) is 0 Å². The van der Waals surface area contributed by atoms with Crippen molar-refractivity contribution in [2.24, 2.45) is 11.7 Å². The summed E-state index contributed by atoms with van der Waals surface area (Å²) >= 11 is 0. The summed E-state index contributed by atoms with van der Waals surface area (Å²) in [5.74, 6) is -0.736. The van der Waals surface area contributed by atoms with Crippen LogP contribution in [0.1, 0.15) is 25.8 Å². The largest absolute Gasteiger partial charge is 0.573 e. The van der Waals surface area contributed by atoms with Crippen LogP contribution in [0, 0.1) is 5.92 Å².